The number of pyridine rings is 1. The smallest absolute Gasteiger partial charge is 0.0541 e. The summed E-state index contributed by atoms with van der Waals surface area (Å²) in [7, 11) is 4.48. The molecule has 4 rings (SSSR count). The van der Waals surface area contributed by atoms with Crippen LogP contribution >= 0.6 is 0 Å². The van der Waals surface area contributed by atoms with E-state index in [1.165, 1.54) is 27.7 Å². The summed E-state index contributed by atoms with van der Waals surface area (Å²) in [5, 5.41) is 1.43. The van der Waals surface area contributed by atoms with Gasteiger partial charge in [0.2, 0.25) is 0 Å². The Kier molecular flexibility index (Phi) is 3.89. The molecule has 1 aromatic carbocycles. The molecule has 2 aromatic heterocycles. The minimum Gasteiger partial charge on any atom is -0.346 e. The predicted molar refractivity (Wildman–Crippen MR) is 99.3 cm³/mol. The van der Waals surface area contributed by atoms with Gasteiger partial charge in [-0.25, -0.2) is 0 Å². The molecule has 0 saturated carbocycles. The Labute approximate surface area is 143 Å². The van der Waals surface area contributed by atoms with Gasteiger partial charge in [-0.2, -0.15) is 0 Å². The number of aromatic nitrogens is 2. The first kappa shape index (κ1) is 15.4. The molecule has 3 heteroatoms. The highest BCUT2D eigenvalue weighted by atomic mass is 15.2. The van der Waals surface area contributed by atoms with Crippen molar-refractivity contribution in [2.75, 3.05) is 13.6 Å². The number of benzene rings is 1. The molecule has 1 aliphatic heterocycles. The van der Waals surface area contributed by atoms with Crippen molar-refractivity contribution in [2.24, 2.45) is 7.05 Å². The number of likely N-dealkylation sites (N-methyl/N-ethyl adjacent to an activating group) is 1. The van der Waals surface area contributed by atoms with Crippen molar-refractivity contribution >= 4 is 10.9 Å². The van der Waals surface area contributed by atoms with Crippen LogP contribution in [0.25, 0.3) is 10.9 Å². The third-order valence-electron chi connectivity index (χ3n) is 5.62. The Bertz CT molecular complexity index is 878. The Morgan fingerprint density at radius 3 is 2.79 bits per heavy atom. The SMILES string of the molecule is CCc1cnccc1CC1c2c(c3ccccc3n2C)CCN1C. The fourth-order valence-electron chi connectivity index (χ4n) is 4.27. The summed E-state index contributed by atoms with van der Waals surface area (Å²) in [6.45, 7) is 3.34. The topological polar surface area (TPSA) is 21.1 Å². The number of fused-ring (bicyclic) bond motifs is 3. The van der Waals surface area contributed by atoms with Crippen LogP contribution in [-0.2, 0) is 26.3 Å². The molecule has 1 atom stereocenters. The van der Waals surface area contributed by atoms with Crippen LogP contribution in [0.2, 0.25) is 0 Å². The van der Waals surface area contributed by atoms with Crippen LogP contribution < -0.4 is 0 Å². The molecule has 1 unspecified atom stereocenters. The van der Waals surface area contributed by atoms with E-state index in [-0.39, 0.29) is 0 Å². The highest BCUT2D eigenvalue weighted by molar-refractivity contribution is 5.86. The minimum absolute atomic E-state index is 0.429. The zero-order valence-electron chi connectivity index (χ0n) is 14.8. The van der Waals surface area contributed by atoms with Crippen molar-refractivity contribution in [3.8, 4) is 0 Å². The monoisotopic (exact) mass is 319 g/mol. The van der Waals surface area contributed by atoms with E-state index in [0.717, 1.165) is 25.8 Å². The third-order valence-corrected chi connectivity index (χ3v) is 5.62. The lowest BCUT2D eigenvalue weighted by Gasteiger charge is -2.34. The lowest BCUT2D eigenvalue weighted by Crippen LogP contribution is -2.34. The first-order chi connectivity index (χ1) is 11.7. The molecule has 0 radical (unpaired) electrons. The molecular formula is C21H25N3. The number of nitrogens with zero attached hydrogens (tertiary/aromatic N) is 3. The average Bonchev–Trinajstić information content (AvgIpc) is 2.91. The van der Waals surface area contributed by atoms with Crippen molar-refractivity contribution < 1.29 is 0 Å². The summed E-state index contributed by atoms with van der Waals surface area (Å²) in [5.41, 5.74) is 7.19. The second kappa shape index (κ2) is 6.06. The number of rotatable bonds is 3. The van der Waals surface area contributed by atoms with E-state index in [1.54, 1.807) is 5.56 Å². The molecule has 1 aliphatic rings. The molecule has 3 nitrogen and oxygen atoms in total. The zero-order valence-corrected chi connectivity index (χ0v) is 14.8. The van der Waals surface area contributed by atoms with Gasteiger partial charge in [0, 0.05) is 42.6 Å². The maximum Gasteiger partial charge on any atom is 0.0541 e. The highest BCUT2D eigenvalue weighted by Crippen LogP contribution is 2.37. The quantitative estimate of drug-likeness (QED) is 0.730. The number of hydrogen-bond acceptors (Lipinski definition) is 2. The van der Waals surface area contributed by atoms with E-state index in [1.807, 2.05) is 12.4 Å². The fourth-order valence-corrected chi connectivity index (χ4v) is 4.27. The summed E-state index contributed by atoms with van der Waals surface area (Å²) in [6.07, 6.45) is 7.20. The van der Waals surface area contributed by atoms with Gasteiger partial charge in [0.05, 0.1) is 6.04 Å². The van der Waals surface area contributed by atoms with Crippen molar-refractivity contribution in [1.29, 1.82) is 0 Å². The van der Waals surface area contributed by atoms with Crippen LogP contribution in [0, 0.1) is 0 Å². The van der Waals surface area contributed by atoms with Gasteiger partial charge in [-0.3, -0.25) is 9.88 Å². The Morgan fingerprint density at radius 2 is 1.96 bits per heavy atom. The molecule has 124 valence electrons. The van der Waals surface area contributed by atoms with Gasteiger partial charge >= 0.3 is 0 Å². The fraction of sp³-hybridized carbons (Fsp3) is 0.381. The second-order valence-electron chi connectivity index (χ2n) is 6.89. The van der Waals surface area contributed by atoms with Crippen LogP contribution in [0.4, 0.5) is 0 Å². The molecule has 0 spiro atoms. The number of hydrogen-bond donors (Lipinski definition) is 0. The first-order valence-electron chi connectivity index (χ1n) is 8.89. The van der Waals surface area contributed by atoms with Gasteiger partial charge in [-0.1, -0.05) is 25.1 Å². The van der Waals surface area contributed by atoms with Crippen molar-refractivity contribution in [2.45, 2.75) is 32.2 Å². The van der Waals surface area contributed by atoms with E-state index < -0.39 is 0 Å². The van der Waals surface area contributed by atoms with Crippen molar-refractivity contribution in [1.82, 2.24) is 14.5 Å². The number of aryl methyl sites for hydroxylation is 2. The second-order valence-corrected chi connectivity index (χ2v) is 6.89. The van der Waals surface area contributed by atoms with Gasteiger partial charge in [0.1, 0.15) is 0 Å². The van der Waals surface area contributed by atoms with Gasteiger partial charge in [0.25, 0.3) is 0 Å². The average molecular weight is 319 g/mol. The van der Waals surface area contributed by atoms with E-state index >= 15 is 0 Å². The molecular weight excluding hydrogens is 294 g/mol. The van der Waals surface area contributed by atoms with E-state index in [9.17, 15) is 0 Å². The van der Waals surface area contributed by atoms with Gasteiger partial charge in [-0.15, -0.1) is 0 Å². The van der Waals surface area contributed by atoms with Crippen LogP contribution in [0.15, 0.2) is 42.7 Å². The lowest BCUT2D eigenvalue weighted by molar-refractivity contribution is 0.221. The summed E-state index contributed by atoms with van der Waals surface area (Å²) in [6, 6.07) is 11.5. The normalized spacial score (nSPS) is 18.0. The summed E-state index contributed by atoms with van der Waals surface area (Å²) < 4.78 is 2.41. The standard InChI is InChI=1S/C21H25N3/c1-4-15-14-22-11-9-16(15)13-20-21-18(10-12-23(20)2)17-7-5-6-8-19(17)24(21)3/h5-9,11,14,20H,4,10,12-13H2,1-3H3. The Balaban J connectivity index is 1.83. The number of para-hydroxylation sites is 1. The van der Waals surface area contributed by atoms with E-state index in [0.29, 0.717) is 6.04 Å². The Hall–Kier alpha value is -2.13. The summed E-state index contributed by atoms with van der Waals surface area (Å²) >= 11 is 0. The molecule has 0 bridgehead atoms. The van der Waals surface area contributed by atoms with Crippen molar-refractivity contribution in [3.05, 3.63) is 65.1 Å². The maximum atomic E-state index is 4.31. The van der Waals surface area contributed by atoms with Crippen LogP contribution in [-0.4, -0.2) is 28.0 Å². The molecule has 24 heavy (non-hydrogen) atoms. The maximum absolute atomic E-state index is 4.31. The molecule has 0 fully saturated rings. The van der Waals surface area contributed by atoms with Crippen LogP contribution in [0.3, 0.4) is 0 Å². The molecule has 3 heterocycles. The first-order valence-corrected chi connectivity index (χ1v) is 8.89. The molecule has 0 aliphatic carbocycles. The Morgan fingerprint density at radius 1 is 1.12 bits per heavy atom. The van der Waals surface area contributed by atoms with Gasteiger partial charge in [-0.05, 0) is 55.1 Å². The zero-order chi connectivity index (χ0) is 16.7. The largest absolute Gasteiger partial charge is 0.346 e. The van der Waals surface area contributed by atoms with E-state index in [4.69, 9.17) is 0 Å². The molecule has 0 saturated heterocycles. The lowest BCUT2D eigenvalue weighted by atomic mass is 9.91. The molecule has 3 aromatic rings. The van der Waals surface area contributed by atoms with Crippen molar-refractivity contribution in [3.63, 3.8) is 0 Å². The summed E-state index contributed by atoms with van der Waals surface area (Å²) in [4.78, 5) is 6.82. The van der Waals surface area contributed by atoms with Gasteiger partial charge in [0.15, 0.2) is 0 Å². The summed E-state index contributed by atoms with van der Waals surface area (Å²) in [5.74, 6) is 0. The highest BCUT2D eigenvalue weighted by Gasteiger charge is 2.30. The minimum atomic E-state index is 0.429. The van der Waals surface area contributed by atoms with Crippen LogP contribution in [0.1, 0.15) is 35.3 Å². The molecule has 0 amide bonds. The van der Waals surface area contributed by atoms with Gasteiger partial charge < -0.3 is 4.57 Å². The molecule has 0 N–H and O–H groups in total. The van der Waals surface area contributed by atoms with E-state index in [2.05, 4.69) is 65.8 Å². The van der Waals surface area contributed by atoms with Crippen LogP contribution in [0.5, 0.6) is 0 Å². The predicted octanol–water partition coefficient (Wildman–Crippen LogP) is 3.91. The third kappa shape index (κ3) is 2.35.